The largest absolute Gasteiger partial charge is 0.341 e. The summed E-state index contributed by atoms with van der Waals surface area (Å²) in [5.41, 5.74) is 0. The lowest BCUT2D eigenvalue weighted by Crippen LogP contribution is -2.46. The number of nitrogens with zero attached hydrogens (tertiary/aromatic N) is 1. The van der Waals surface area contributed by atoms with E-state index in [0.29, 0.717) is 12.0 Å². The second kappa shape index (κ2) is 4.49. The average Bonchev–Trinajstić information content (AvgIpc) is 2.16. The Hall–Kier alpha value is -0.730. The van der Waals surface area contributed by atoms with E-state index in [1.165, 1.54) is 19.3 Å². The van der Waals surface area contributed by atoms with Crippen LogP contribution in [0.5, 0.6) is 0 Å². The van der Waals surface area contributed by atoms with E-state index < -0.39 is 0 Å². The predicted molar refractivity (Wildman–Crippen MR) is 53.6 cm³/mol. The van der Waals surface area contributed by atoms with E-state index in [1.807, 2.05) is 11.9 Å². The molecule has 1 aliphatic carbocycles. The fourth-order valence-electron chi connectivity index (χ4n) is 2.20. The van der Waals surface area contributed by atoms with E-state index in [0.717, 1.165) is 6.42 Å². The molecule has 0 spiro atoms. The standard InChI is InChI=1S/C10H20N2O/c1-8-6-4-5-7-9(8)12(3)10(13)11-2/h8-9H,4-7H2,1-3H3,(H,11,13). The van der Waals surface area contributed by atoms with Crippen LogP contribution in [0, 0.1) is 5.92 Å². The maximum atomic E-state index is 11.4. The number of nitrogens with one attached hydrogen (secondary N) is 1. The molecule has 0 radical (unpaired) electrons. The highest BCUT2D eigenvalue weighted by Gasteiger charge is 2.27. The van der Waals surface area contributed by atoms with Crippen LogP contribution >= 0.6 is 0 Å². The number of rotatable bonds is 1. The number of hydrogen-bond acceptors (Lipinski definition) is 1. The van der Waals surface area contributed by atoms with Gasteiger partial charge in [-0.3, -0.25) is 0 Å². The fourth-order valence-corrected chi connectivity index (χ4v) is 2.20. The number of hydrogen-bond donors (Lipinski definition) is 1. The van der Waals surface area contributed by atoms with Gasteiger partial charge in [-0.1, -0.05) is 19.8 Å². The summed E-state index contributed by atoms with van der Waals surface area (Å²) in [4.78, 5) is 13.2. The molecule has 0 aromatic heterocycles. The molecule has 1 aliphatic rings. The lowest BCUT2D eigenvalue weighted by Gasteiger charge is -2.35. The number of amides is 2. The Balaban J connectivity index is 2.53. The summed E-state index contributed by atoms with van der Waals surface area (Å²) in [5, 5.41) is 2.67. The molecular weight excluding hydrogens is 164 g/mol. The van der Waals surface area contributed by atoms with Crippen molar-refractivity contribution in [3.8, 4) is 0 Å². The van der Waals surface area contributed by atoms with Crippen molar-refractivity contribution in [2.45, 2.75) is 38.6 Å². The quantitative estimate of drug-likeness (QED) is 0.662. The van der Waals surface area contributed by atoms with Crippen LogP contribution in [-0.2, 0) is 0 Å². The minimum Gasteiger partial charge on any atom is -0.341 e. The molecular formula is C10H20N2O. The predicted octanol–water partition coefficient (Wildman–Crippen LogP) is 1.84. The Morgan fingerprint density at radius 1 is 1.38 bits per heavy atom. The zero-order chi connectivity index (χ0) is 9.84. The fraction of sp³-hybridized carbons (Fsp3) is 0.900. The Kier molecular flexibility index (Phi) is 3.58. The second-order valence-corrected chi connectivity index (χ2v) is 4.00. The molecule has 2 atom stereocenters. The van der Waals surface area contributed by atoms with Crippen molar-refractivity contribution in [3.05, 3.63) is 0 Å². The molecule has 76 valence electrons. The average molecular weight is 184 g/mol. The minimum atomic E-state index is 0.0405. The van der Waals surface area contributed by atoms with E-state index in [2.05, 4.69) is 12.2 Å². The van der Waals surface area contributed by atoms with Gasteiger partial charge < -0.3 is 10.2 Å². The summed E-state index contributed by atoms with van der Waals surface area (Å²) in [6, 6.07) is 0.479. The molecule has 0 saturated heterocycles. The third-order valence-electron chi connectivity index (χ3n) is 3.10. The van der Waals surface area contributed by atoms with Gasteiger partial charge in [-0.15, -0.1) is 0 Å². The van der Waals surface area contributed by atoms with Gasteiger partial charge in [0.2, 0.25) is 0 Å². The van der Waals surface area contributed by atoms with Gasteiger partial charge in [0.25, 0.3) is 0 Å². The number of carbonyl (C=O) groups excluding carboxylic acids is 1. The van der Waals surface area contributed by atoms with Gasteiger partial charge in [0.15, 0.2) is 0 Å². The van der Waals surface area contributed by atoms with Crippen molar-refractivity contribution in [3.63, 3.8) is 0 Å². The van der Waals surface area contributed by atoms with Crippen LogP contribution in [0.3, 0.4) is 0 Å². The van der Waals surface area contributed by atoms with Gasteiger partial charge in [-0.25, -0.2) is 4.79 Å². The monoisotopic (exact) mass is 184 g/mol. The summed E-state index contributed by atoms with van der Waals surface area (Å²) < 4.78 is 0. The van der Waals surface area contributed by atoms with E-state index in [4.69, 9.17) is 0 Å². The van der Waals surface area contributed by atoms with Crippen LogP contribution in [0.1, 0.15) is 32.6 Å². The number of carbonyl (C=O) groups is 1. The molecule has 3 nitrogen and oxygen atoms in total. The van der Waals surface area contributed by atoms with Crippen LogP contribution in [0.25, 0.3) is 0 Å². The van der Waals surface area contributed by atoms with Gasteiger partial charge in [-0.2, -0.15) is 0 Å². The topological polar surface area (TPSA) is 32.3 Å². The molecule has 0 bridgehead atoms. The highest BCUT2D eigenvalue weighted by Crippen LogP contribution is 2.27. The zero-order valence-corrected chi connectivity index (χ0v) is 8.84. The molecule has 1 N–H and O–H groups in total. The highest BCUT2D eigenvalue weighted by atomic mass is 16.2. The Morgan fingerprint density at radius 3 is 2.54 bits per heavy atom. The third-order valence-corrected chi connectivity index (χ3v) is 3.10. The molecule has 0 aliphatic heterocycles. The van der Waals surface area contributed by atoms with E-state index in [1.54, 1.807) is 7.05 Å². The van der Waals surface area contributed by atoms with Crippen LogP contribution in [-0.4, -0.2) is 31.1 Å². The molecule has 1 rings (SSSR count). The van der Waals surface area contributed by atoms with Crippen molar-refractivity contribution >= 4 is 6.03 Å². The molecule has 2 unspecified atom stereocenters. The van der Waals surface area contributed by atoms with Crippen LogP contribution < -0.4 is 5.32 Å². The summed E-state index contributed by atoms with van der Waals surface area (Å²) >= 11 is 0. The van der Waals surface area contributed by atoms with Crippen molar-refractivity contribution in [1.29, 1.82) is 0 Å². The molecule has 1 saturated carbocycles. The summed E-state index contributed by atoms with van der Waals surface area (Å²) in [5.74, 6) is 0.649. The highest BCUT2D eigenvalue weighted by molar-refractivity contribution is 5.73. The third kappa shape index (κ3) is 2.36. The summed E-state index contributed by atoms with van der Waals surface area (Å²) in [6.07, 6.45) is 4.99. The van der Waals surface area contributed by atoms with Crippen LogP contribution in [0.4, 0.5) is 4.79 Å². The van der Waals surface area contributed by atoms with Crippen molar-refractivity contribution < 1.29 is 4.79 Å². The first-order valence-corrected chi connectivity index (χ1v) is 5.11. The first-order valence-electron chi connectivity index (χ1n) is 5.11. The van der Waals surface area contributed by atoms with Gasteiger partial charge in [0.05, 0.1) is 0 Å². The maximum Gasteiger partial charge on any atom is 0.317 e. The molecule has 0 aromatic carbocycles. The molecule has 2 amide bonds. The summed E-state index contributed by atoms with van der Waals surface area (Å²) in [6.45, 7) is 2.24. The van der Waals surface area contributed by atoms with E-state index in [-0.39, 0.29) is 6.03 Å². The van der Waals surface area contributed by atoms with Crippen molar-refractivity contribution in [2.24, 2.45) is 5.92 Å². The lowest BCUT2D eigenvalue weighted by molar-refractivity contribution is 0.146. The van der Waals surface area contributed by atoms with E-state index >= 15 is 0 Å². The Labute approximate surface area is 80.5 Å². The molecule has 13 heavy (non-hydrogen) atoms. The number of urea groups is 1. The molecule has 0 heterocycles. The smallest absolute Gasteiger partial charge is 0.317 e. The zero-order valence-electron chi connectivity index (χ0n) is 8.84. The minimum absolute atomic E-state index is 0.0405. The lowest BCUT2D eigenvalue weighted by atomic mass is 9.85. The molecule has 0 aromatic rings. The Morgan fingerprint density at radius 2 is 2.00 bits per heavy atom. The van der Waals surface area contributed by atoms with Gasteiger partial charge in [0.1, 0.15) is 0 Å². The van der Waals surface area contributed by atoms with Gasteiger partial charge in [0, 0.05) is 20.1 Å². The van der Waals surface area contributed by atoms with Gasteiger partial charge in [-0.05, 0) is 18.8 Å². The maximum absolute atomic E-state index is 11.4. The van der Waals surface area contributed by atoms with Gasteiger partial charge >= 0.3 is 6.03 Å². The SMILES string of the molecule is CNC(=O)N(C)C1CCCCC1C. The van der Waals surface area contributed by atoms with E-state index in [9.17, 15) is 4.79 Å². The first-order chi connectivity index (χ1) is 6.16. The normalized spacial score (nSPS) is 28.2. The van der Waals surface area contributed by atoms with Crippen LogP contribution in [0.2, 0.25) is 0 Å². The first kappa shape index (κ1) is 10.4. The second-order valence-electron chi connectivity index (χ2n) is 4.00. The van der Waals surface area contributed by atoms with Crippen LogP contribution in [0.15, 0.2) is 0 Å². The van der Waals surface area contributed by atoms with Crippen molar-refractivity contribution in [1.82, 2.24) is 10.2 Å². The van der Waals surface area contributed by atoms with Crippen molar-refractivity contribution in [2.75, 3.05) is 14.1 Å². The molecule has 1 fully saturated rings. The Bertz CT molecular complexity index is 182. The molecule has 3 heteroatoms. The summed E-state index contributed by atoms with van der Waals surface area (Å²) in [7, 11) is 3.58.